The third-order valence-corrected chi connectivity index (χ3v) is 5.70. The number of hydrogen-bond donors (Lipinski definition) is 6. The van der Waals surface area contributed by atoms with Crippen molar-refractivity contribution in [3.05, 3.63) is 80.9 Å². The maximum atomic E-state index is 11.8. The van der Waals surface area contributed by atoms with Crippen molar-refractivity contribution in [3.63, 3.8) is 0 Å². The fraction of sp³-hybridized carbons (Fsp3) is 0.304. The minimum Gasteiger partial charge on any atom is -0.477 e. The molecule has 0 amide bonds. The Hall–Kier alpha value is -3.36. The topological polar surface area (TPSA) is 147 Å². The lowest BCUT2D eigenvalue weighted by Crippen LogP contribution is -2.09. The molecule has 0 aliphatic carbocycles. The van der Waals surface area contributed by atoms with Crippen LogP contribution in [0.15, 0.2) is 30.3 Å². The Balaban J connectivity index is 2.31. The Labute approximate surface area is 179 Å². The van der Waals surface area contributed by atoms with Crippen molar-refractivity contribution >= 4 is 11.9 Å². The van der Waals surface area contributed by atoms with Crippen molar-refractivity contribution in [2.45, 2.75) is 32.6 Å². The molecule has 31 heavy (non-hydrogen) atoms. The predicted molar refractivity (Wildman–Crippen MR) is 114 cm³/mol. The molecule has 2 aromatic heterocycles. The first-order valence-corrected chi connectivity index (χ1v) is 9.97. The molecule has 3 rings (SSSR count). The van der Waals surface area contributed by atoms with Gasteiger partial charge in [-0.25, -0.2) is 9.59 Å². The maximum absolute atomic E-state index is 11.8. The summed E-state index contributed by atoms with van der Waals surface area (Å²) in [6, 6.07) is 9.37. The first-order valence-electron chi connectivity index (χ1n) is 9.97. The molecule has 0 unspecified atom stereocenters. The number of aromatic amines is 2. The average molecular weight is 426 g/mol. The van der Waals surface area contributed by atoms with Crippen molar-refractivity contribution in [1.29, 1.82) is 0 Å². The normalized spacial score (nSPS) is 11.3. The second-order valence-electron chi connectivity index (χ2n) is 7.44. The number of aliphatic hydroxyl groups excluding tert-OH is 2. The van der Waals surface area contributed by atoms with E-state index in [9.17, 15) is 30.0 Å². The number of hydrogen-bond acceptors (Lipinski definition) is 4. The molecule has 8 heteroatoms. The molecule has 0 radical (unpaired) electrons. The number of H-pyrrole nitrogens is 2. The molecule has 6 N–H and O–H groups in total. The number of aliphatic hydroxyl groups is 2. The van der Waals surface area contributed by atoms with E-state index in [0.717, 1.165) is 5.56 Å². The van der Waals surface area contributed by atoms with Crippen LogP contribution < -0.4 is 0 Å². The van der Waals surface area contributed by atoms with Crippen LogP contribution in [0.4, 0.5) is 0 Å². The highest BCUT2D eigenvalue weighted by Gasteiger charge is 2.30. The average Bonchev–Trinajstić information content (AvgIpc) is 3.23. The number of carboxylic acids is 2. The lowest BCUT2D eigenvalue weighted by molar-refractivity contribution is 0.0679. The van der Waals surface area contributed by atoms with Crippen LogP contribution in [0, 0.1) is 13.8 Å². The highest BCUT2D eigenvalue weighted by molar-refractivity contribution is 5.89. The van der Waals surface area contributed by atoms with Gasteiger partial charge in [-0.3, -0.25) is 0 Å². The zero-order chi connectivity index (χ0) is 22.7. The summed E-state index contributed by atoms with van der Waals surface area (Å²) < 4.78 is 0. The van der Waals surface area contributed by atoms with Crippen LogP contribution in [0.2, 0.25) is 0 Å². The largest absolute Gasteiger partial charge is 0.477 e. The van der Waals surface area contributed by atoms with Crippen molar-refractivity contribution in [2.75, 3.05) is 13.2 Å². The number of carboxylic acid groups (broad SMARTS) is 2. The molecule has 1 aromatic carbocycles. The molecule has 164 valence electrons. The van der Waals surface area contributed by atoms with Gasteiger partial charge in [-0.1, -0.05) is 30.3 Å². The standard InChI is InChI=1S/C23H26N2O6/c1-12-15(8-10-26)20(22(28)29)24-18(12)17(14-6-4-3-5-7-14)19-13(2)16(9-11-27)21(25-19)23(30)31/h3-7,17,24-27H,8-11H2,1-2H3,(H,28,29)(H,30,31). The quantitative estimate of drug-likeness (QED) is 0.310. The summed E-state index contributed by atoms with van der Waals surface area (Å²) in [4.78, 5) is 29.7. The summed E-state index contributed by atoms with van der Waals surface area (Å²) in [5.41, 5.74) is 4.54. The molecule has 0 saturated heterocycles. The van der Waals surface area contributed by atoms with E-state index >= 15 is 0 Å². The molecule has 8 nitrogen and oxygen atoms in total. The van der Waals surface area contributed by atoms with E-state index in [4.69, 9.17) is 0 Å². The van der Waals surface area contributed by atoms with Crippen molar-refractivity contribution < 1.29 is 30.0 Å². The summed E-state index contributed by atoms with van der Waals surface area (Å²) in [5, 5.41) is 38.2. The van der Waals surface area contributed by atoms with Gasteiger partial charge in [0.25, 0.3) is 0 Å². The van der Waals surface area contributed by atoms with E-state index in [-0.39, 0.29) is 37.4 Å². The van der Waals surface area contributed by atoms with Gasteiger partial charge in [0.05, 0.1) is 5.92 Å². The highest BCUT2D eigenvalue weighted by atomic mass is 16.4. The number of aromatic nitrogens is 2. The molecule has 0 atom stereocenters. The lowest BCUT2D eigenvalue weighted by atomic mass is 9.87. The van der Waals surface area contributed by atoms with Gasteiger partial charge >= 0.3 is 11.9 Å². The van der Waals surface area contributed by atoms with Crippen LogP contribution >= 0.6 is 0 Å². The van der Waals surface area contributed by atoms with Gasteiger partial charge in [-0.05, 0) is 54.5 Å². The van der Waals surface area contributed by atoms with E-state index < -0.39 is 17.9 Å². The first-order chi connectivity index (χ1) is 14.8. The van der Waals surface area contributed by atoms with Gasteiger partial charge in [-0.15, -0.1) is 0 Å². The molecular weight excluding hydrogens is 400 g/mol. The molecular formula is C23H26N2O6. The fourth-order valence-corrected chi connectivity index (χ4v) is 4.22. The minimum absolute atomic E-state index is 0.0146. The lowest BCUT2D eigenvalue weighted by Gasteiger charge is -2.19. The van der Waals surface area contributed by atoms with Crippen molar-refractivity contribution in [3.8, 4) is 0 Å². The maximum Gasteiger partial charge on any atom is 0.352 e. The molecule has 0 bridgehead atoms. The second-order valence-corrected chi connectivity index (χ2v) is 7.44. The van der Waals surface area contributed by atoms with Gasteiger partial charge in [0.1, 0.15) is 11.4 Å². The van der Waals surface area contributed by atoms with Crippen LogP contribution in [0.5, 0.6) is 0 Å². The third kappa shape index (κ3) is 4.12. The third-order valence-electron chi connectivity index (χ3n) is 5.70. The van der Waals surface area contributed by atoms with Crippen LogP contribution in [0.25, 0.3) is 0 Å². The molecule has 3 aromatic rings. The van der Waals surface area contributed by atoms with Gasteiger partial charge in [0.2, 0.25) is 0 Å². The monoisotopic (exact) mass is 426 g/mol. The van der Waals surface area contributed by atoms with Crippen LogP contribution in [0.3, 0.4) is 0 Å². The Morgan fingerprint density at radius 2 is 1.23 bits per heavy atom. The number of rotatable bonds is 9. The highest BCUT2D eigenvalue weighted by Crippen LogP contribution is 2.38. The summed E-state index contributed by atoms with van der Waals surface area (Å²) in [5.74, 6) is -2.74. The molecule has 0 aliphatic heterocycles. The zero-order valence-electron chi connectivity index (χ0n) is 17.4. The Bertz CT molecular complexity index is 1030. The number of nitrogens with one attached hydrogen (secondary N) is 2. The van der Waals surface area contributed by atoms with Gasteiger partial charge in [0, 0.05) is 24.6 Å². The smallest absolute Gasteiger partial charge is 0.352 e. The Kier molecular flexibility index (Phi) is 6.62. The molecule has 0 fully saturated rings. The SMILES string of the molecule is Cc1c(C(c2ccccc2)c2[nH]c(C(=O)O)c(CCO)c2C)[nH]c(C(=O)O)c1CCO. The molecule has 0 aliphatic rings. The zero-order valence-corrected chi connectivity index (χ0v) is 17.4. The summed E-state index contributed by atoms with van der Waals surface area (Å²) in [6.07, 6.45) is 0.372. The van der Waals surface area contributed by atoms with E-state index in [1.54, 1.807) is 13.8 Å². The Morgan fingerprint density at radius 3 is 1.58 bits per heavy atom. The molecule has 0 saturated carbocycles. The Morgan fingerprint density at radius 1 is 0.806 bits per heavy atom. The second kappa shape index (κ2) is 9.20. The fourth-order valence-electron chi connectivity index (χ4n) is 4.22. The van der Waals surface area contributed by atoms with Crippen LogP contribution in [0.1, 0.15) is 66.1 Å². The van der Waals surface area contributed by atoms with E-state index in [1.165, 1.54) is 0 Å². The van der Waals surface area contributed by atoms with Gasteiger partial charge < -0.3 is 30.4 Å². The van der Waals surface area contributed by atoms with Gasteiger partial charge in [-0.2, -0.15) is 0 Å². The summed E-state index contributed by atoms with van der Waals surface area (Å²) in [7, 11) is 0. The predicted octanol–water partition coefficient (Wildman–Crippen LogP) is 2.61. The number of aromatic carboxylic acids is 2. The van der Waals surface area contributed by atoms with Crippen LogP contribution in [-0.2, 0) is 12.8 Å². The van der Waals surface area contributed by atoms with Crippen LogP contribution in [-0.4, -0.2) is 55.5 Å². The summed E-state index contributed by atoms with van der Waals surface area (Å²) in [6.45, 7) is 3.20. The summed E-state index contributed by atoms with van der Waals surface area (Å²) >= 11 is 0. The van der Waals surface area contributed by atoms with E-state index in [2.05, 4.69) is 9.97 Å². The van der Waals surface area contributed by atoms with Gasteiger partial charge in [0.15, 0.2) is 0 Å². The minimum atomic E-state index is -1.12. The van der Waals surface area contributed by atoms with Crippen molar-refractivity contribution in [2.24, 2.45) is 0 Å². The first kappa shape index (κ1) is 22.3. The number of carbonyl (C=O) groups is 2. The number of benzene rings is 1. The van der Waals surface area contributed by atoms with E-state index in [1.807, 2.05) is 30.3 Å². The van der Waals surface area contributed by atoms with E-state index in [0.29, 0.717) is 33.6 Å². The molecule has 0 spiro atoms. The molecule has 2 heterocycles. The van der Waals surface area contributed by atoms with Crippen molar-refractivity contribution in [1.82, 2.24) is 9.97 Å².